The van der Waals surface area contributed by atoms with E-state index >= 15 is 0 Å². The molecule has 1 unspecified atom stereocenters. The van der Waals surface area contributed by atoms with Crippen LogP contribution in [0.3, 0.4) is 0 Å². The SMILES string of the molecule is CCOC(=O)C(C)OC1COC1. The van der Waals surface area contributed by atoms with Crippen LogP contribution in [0.4, 0.5) is 0 Å². The standard InChI is InChI=1S/C8H14O4/c1-3-11-8(9)6(2)12-7-4-10-5-7/h6-7H,3-5H2,1-2H3. The van der Waals surface area contributed by atoms with E-state index in [2.05, 4.69) is 0 Å². The van der Waals surface area contributed by atoms with Crippen molar-refractivity contribution in [2.24, 2.45) is 0 Å². The predicted molar refractivity (Wildman–Crippen MR) is 41.8 cm³/mol. The van der Waals surface area contributed by atoms with Gasteiger partial charge in [-0.2, -0.15) is 0 Å². The van der Waals surface area contributed by atoms with Gasteiger partial charge in [0, 0.05) is 0 Å². The molecule has 0 aliphatic carbocycles. The van der Waals surface area contributed by atoms with Crippen molar-refractivity contribution in [3.05, 3.63) is 0 Å². The Balaban J connectivity index is 2.16. The Hall–Kier alpha value is -0.610. The van der Waals surface area contributed by atoms with Crippen molar-refractivity contribution in [2.75, 3.05) is 19.8 Å². The first-order valence-electron chi connectivity index (χ1n) is 4.14. The largest absolute Gasteiger partial charge is 0.464 e. The molecule has 1 aliphatic heterocycles. The van der Waals surface area contributed by atoms with Crippen LogP contribution in [0.5, 0.6) is 0 Å². The number of hydrogen-bond donors (Lipinski definition) is 0. The van der Waals surface area contributed by atoms with Crippen molar-refractivity contribution in [1.29, 1.82) is 0 Å². The maximum absolute atomic E-state index is 11.0. The molecule has 0 aromatic heterocycles. The van der Waals surface area contributed by atoms with Gasteiger partial charge in [0.15, 0.2) is 6.10 Å². The Morgan fingerprint density at radius 3 is 2.75 bits per heavy atom. The zero-order valence-electron chi connectivity index (χ0n) is 7.41. The highest BCUT2D eigenvalue weighted by atomic mass is 16.6. The Labute approximate surface area is 71.8 Å². The van der Waals surface area contributed by atoms with Gasteiger partial charge in [-0.1, -0.05) is 0 Å². The Morgan fingerprint density at radius 1 is 1.67 bits per heavy atom. The van der Waals surface area contributed by atoms with Gasteiger partial charge in [0.2, 0.25) is 0 Å². The maximum atomic E-state index is 11.0. The molecule has 0 saturated carbocycles. The molecule has 0 amide bonds. The summed E-state index contributed by atoms with van der Waals surface area (Å²) >= 11 is 0. The molecule has 1 atom stereocenters. The third-order valence-electron chi connectivity index (χ3n) is 1.62. The van der Waals surface area contributed by atoms with E-state index in [-0.39, 0.29) is 12.1 Å². The fraction of sp³-hybridized carbons (Fsp3) is 0.875. The summed E-state index contributed by atoms with van der Waals surface area (Å²) in [4.78, 5) is 11.0. The van der Waals surface area contributed by atoms with Crippen LogP contribution in [0.2, 0.25) is 0 Å². The van der Waals surface area contributed by atoms with Crippen LogP contribution < -0.4 is 0 Å². The van der Waals surface area contributed by atoms with Crippen molar-refractivity contribution in [1.82, 2.24) is 0 Å². The lowest BCUT2D eigenvalue weighted by molar-refractivity contribution is -0.180. The second-order valence-electron chi connectivity index (χ2n) is 2.69. The Bertz CT molecular complexity index is 153. The number of ether oxygens (including phenoxy) is 3. The van der Waals surface area contributed by atoms with Crippen LogP contribution in [0.15, 0.2) is 0 Å². The van der Waals surface area contributed by atoms with Crippen LogP contribution in [-0.4, -0.2) is 38.0 Å². The van der Waals surface area contributed by atoms with E-state index in [4.69, 9.17) is 14.2 Å². The van der Waals surface area contributed by atoms with Gasteiger partial charge in [-0.15, -0.1) is 0 Å². The number of esters is 1. The van der Waals surface area contributed by atoms with E-state index in [0.29, 0.717) is 19.8 Å². The first-order chi connectivity index (χ1) is 5.74. The molecular weight excluding hydrogens is 160 g/mol. The molecule has 0 bridgehead atoms. The van der Waals surface area contributed by atoms with Gasteiger partial charge in [0.05, 0.1) is 19.8 Å². The molecular formula is C8H14O4. The molecule has 1 heterocycles. The highest BCUT2D eigenvalue weighted by Crippen LogP contribution is 2.09. The summed E-state index contributed by atoms with van der Waals surface area (Å²) < 4.78 is 15.0. The highest BCUT2D eigenvalue weighted by molar-refractivity contribution is 5.74. The van der Waals surface area contributed by atoms with Crippen LogP contribution in [0, 0.1) is 0 Å². The van der Waals surface area contributed by atoms with E-state index < -0.39 is 6.10 Å². The van der Waals surface area contributed by atoms with E-state index in [1.807, 2.05) is 0 Å². The second-order valence-corrected chi connectivity index (χ2v) is 2.69. The van der Waals surface area contributed by atoms with Gasteiger partial charge in [-0.05, 0) is 13.8 Å². The zero-order valence-corrected chi connectivity index (χ0v) is 7.41. The molecule has 0 aromatic rings. The lowest BCUT2D eigenvalue weighted by Crippen LogP contribution is -2.40. The van der Waals surface area contributed by atoms with Crippen molar-refractivity contribution in [2.45, 2.75) is 26.1 Å². The summed E-state index contributed by atoms with van der Waals surface area (Å²) in [5, 5.41) is 0. The quantitative estimate of drug-likeness (QED) is 0.577. The van der Waals surface area contributed by atoms with Crippen molar-refractivity contribution in [3.63, 3.8) is 0 Å². The third-order valence-corrected chi connectivity index (χ3v) is 1.62. The topological polar surface area (TPSA) is 44.8 Å². The summed E-state index contributed by atoms with van der Waals surface area (Å²) in [5.41, 5.74) is 0. The second kappa shape index (κ2) is 4.42. The van der Waals surface area contributed by atoms with E-state index in [9.17, 15) is 4.79 Å². The Morgan fingerprint density at radius 2 is 2.33 bits per heavy atom. The van der Waals surface area contributed by atoms with Crippen LogP contribution in [-0.2, 0) is 19.0 Å². The average Bonchev–Trinajstić information content (AvgIpc) is 1.97. The molecule has 0 spiro atoms. The minimum Gasteiger partial charge on any atom is -0.464 e. The molecule has 1 fully saturated rings. The molecule has 4 heteroatoms. The molecule has 1 aliphatic rings. The normalized spacial score (nSPS) is 19.8. The van der Waals surface area contributed by atoms with Crippen LogP contribution in [0.1, 0.15) is 13.8 Å². The monoisotopic (exact) mass is 174 g/mol. The lowest BCUT2D eigenvalue weighted by Gasteiger charge is -2.28. The van der Waals surface area contributed by atoms with Crippen LogP contribution in [0.25, 0.3) is 0 Å². The highest BCUT2D eigenvalue weighted by Gasteiger charge is 2.25. The smallest absolute Gasteiger partial charge is 0.334 e. The number of carbonyl (C=O) groups excluding carboxylic acids is 1. The summed E-state index contributed by atoms with van der Waals surface area (Å²) in [5.74, 6) is -0.301. The van der Waals surface area contributed by atoms with Gasteiger partial charge in [0.25, 0.3) is 0 Å². The predicted octanol–water partition coefficient (Wildman–Crippen LogP) is 0.353. The number of hydrogen-bond acceptors (Lipinski definition) is 4. The van der Waals surface area contributed by atoms with Crippen molar-refractivity contribution >= 4 is 5.97 Å². The average molecular weight is 174 g/mol. The summed E-state index contributed by atoms with van der Waals surface area (Å²) in [6.45, 7) is 5.04. The van der Waals surface area contributed by atoms with E-state index in [1.54, 1.807) is 13.8 Å². The summed E-state index contributed by atoms with van der Waals surface area (Å²) in [7, 11) is 0. The molecule has 1 saturated heterocycles. The molecule has 4 nitrogen and oxygen atoms in total. The third kappa shape index (κ3) is 2.46. The number of rotatable bonds is 4. The molecule has 0 aromatic carbocycles. The van der Waals surface area contributed by atoms with Crippen LogP contribution >= 0.6 is 0 Å². The molecule has 12 heavy (non-hydrogen) atoms. The van der Waals surface area contributed by atoms with Gasteiger partial charge in [-0.3, -0.25) is 0 Å². The number of carbonyl (C=O) groups is 1. The molecule has 1 rings (SSSR count). The Kier molecular flexibility index (Phi) is 3.49. The minimum atomic E-state index is -0.473. The molecule has 0 N–H and O–H groups in total. The van der Waals surface area contributed by atoms with Crippen molar-refractivity contribution < 1.29 is 19.0 Å². The van der Waals surface area contributed by atoms with Gasteiger partial charge < -0.3 is 14.2 Å². The molecule has 70 valence electrons. The van der Waals surface area contributed by atoms with Gasteiger partial charge >= 0.3 is 5.97 Å². The zero-order chi connectivity index (χ0) is 8.97. The summed E-state index contributed by atoms with van der Waals surface area (Å²) in [6.07, 6.45) is -0.400. The lowest BCUT2D eigenvalue weighted by atomic mass is 10.3. The first-order valence-corrected chi connectivity index (χ1v) is 4.14. The van der Waals surface area contributed by atoms with Crippen molar-refractivity contribution in [3.8, 4) is 0 Å². The van der Waals surface area contributed by atoms with Gasteiger partial charge in [0.1, 0.15) is 6.10 Å². The summed E-state index contributed by atoms with van der Waals surface area (Å²) in [6, 6.07) is 0. The fourth-order valence-corrected chi connectivity index (χ4v) is 0.896. The fourth-order valence-electron chi connectivity index (χ4n) is 0.896. The van der Waals surface area contributed by atoms with Gasteiger partial charge in [-0.25, -0.2) is 4.79 Å². The van der Waals surface area contributed by atoms with E-state index in [1.165, 1.54) is 0 Å². The van der Waals surface area contributed by atoms with E-state index in [0.717, 1.165) is 0 Å². The maximum Gasteiger partial charge on any atom is 0.334 e. The first kappa shape index (κ1) is 9.48. The molecule has 0 radical (unpaired) electrons. The minimum absolute atomic E-state index is 0.0735.